The van der Waals surface area contributed by atoms with E-state index in [9.17, 15) is 14.0 Å². The summed E-state index contributed by atoms with van der Waals surface area (Å²) in [5.41, 5.74) is -0.490. The lowest BCUT2D eigenvalue weighted by atomic mass is 10.0. The van der Waals surface area contributed by atoms with Crippen LogP contribution in [0.1, 0.15) is 29.6 Å². The third-order valence-electron chi connectivity index (χ3n) is 4.98. The summed E-state index contributed by atoms with van der Waals surface area (Å²) >= 11 is 5.85. The van der Waals surface area contributed by atoms with Crippen LogP contribution in [0.2, 0.25) is 5.02 Å². The van der Waals surface area contributed by atoms with E-state index in [1.165, 1.54) is 12.1 Å². The molecule has 7 heteroatoms. The maximum Gasteiger partial charge on any atom is 0.254 e. The second-order valence-corrected chi connectivity index (χ2v) is 6.66. The Balaban J connectivity index is 1.66. The van der Waals surface area contributed by atoms with E-state index in [0.717, 1.165) is 12.5 Å². The zero-order chi connectivity index (χ0) is 16.2. The molecule has 3 fully saturated rings. The zero-order valence-electron chi connectivity index (χ0n) is 12.4. The van der Waals surface area contributed by atoms with Gasteiger partial charge in [0.15, 0.2) is 5.72 Å². The lowest BCUT2D eigenvalue weighted by Gasteiger charge is -2.42. The van der Waals surface area contributed by atoms with E-state index < -0.39 is 11.5 Å². The highest BCUT2D eigenvalue weighted by Gasteiger charge is 2.61. The van der Waals surface area contributed by atoms with Crippen LogP contribution < -0.4 is 0 Å². The number of carbonyl (C=O) groups is 2. The summed E-state index contributed by atoms with van der Waals surface area (Å²) in [7, 11) is 0. The van der Waals surface area contributed by atoms with Crippen LogP contribution in [0.4, 0.5) is 4.39 Å². The molecule has 0 bridgehead atoms. The quantitative estimate of drug-likeness (QED) is 0.787. The Morgan fingerprint density at radius 1 is 1.35 bits per heavy atom. The maximum absolute atomic E-state index is 13.5. The average Bonchev–Trinajstić information content (AvgIpc) is 2.98. The van der Waals surface area contributed by atoms with E-state index in [0.29, 0.717) is 26.1 Å². The molecule has 1 spiro atoms. The molecule has 1 aromatic carbocycles. The number of hydrogen-bond donors (Lipinski definition) is 0. The van der Waals surface area contributed by atoms with Crippen molar-refractivity contribution in [2.45, 2.75) is 31.0 Å². The minimum Gasteiger partial charge on any atom is -0.353 e. The molecular formula is C16H16ClFN2O3. The molecule has 0 radical (unpaired) electrons. The van der Waals surface area contributed by atoms with Gasteiger partial charge in [-0.2, -0.15) is 0 Å². The summed E-state index contributed by atoms with van der Waals surface area (Å²) < 4.78 is 19.5. The van der Waals surface area contributed by atoms with Crippen LogP contribution in [0, 0.1) is 5.82 Å². The summed E-state index contributed by atoms with van der Waals surface area (Å²) in [4.78, 5) is 28.4. The lowest BCUT2D eigenvalue weighted by molar-refractivity contribution is -0.179. The molecule has 122 valence electrons. The molecule has 0 aliphatic carbocycles. The van der Waals surface area contributed by atoms with Crippen molar-refractivity contribution in [1.29, 1.82) is 0 Å². The number of rotatable bonds is 1. The van der Waals surface area contributed by atoms with Crippen molar-refractivity contribution >= 4 is 23.4 Å². The van der Waals surface area contributed by atoms with Crippen molar-refractivity contribution < 1.29 is 18.7 Å². The van der Waals surface area contributed by atoms with E-state index in [1.54, 1.807) is 9.80 Å². The number of carbonyl (C=O) groups excluding carboxylic acids is 2. The first-order valence-corrected chi connectivity index (χ1v) is 8.10. The first kappa shape index (κ1) is 14.9. The molecular weight excluding hydrogens is 323 g/mol. The smallest absolute Gasteiger partial charge is 0.254 e. The molecule has 0 aromatic heterocycles. The molecule has 5 nitrogen and oxygen atoms in total. The van der Waals surface area contributed by atoms with Crippen molar-refractivity contribution in [2.24, 2.45) is 0 Å². The second-order valence-electron chi connectivity index (χ2n) is 6.22. The highest BCUT2D eigenvalue weighted by atomic mass is 35.5. The molecule has 23 heavy (non-hydrogen) atoms. The van der Waals surface area contributed by atoms with Gasteiger partial charge < -0.3 is 14.5 Å². The molecule has 0 N–H and O–H groups in total. The van der Waals surface area contributed by atoms with Crippen LogP contribution in [0.5, 0.6) is 0 Å². The summed E-state index contributed by atoms with van der Waals surface area (Å²) in [5, 5.41) is 0.181. The third-order valence-corrected chi connectivity index (χ3v) is 5.20. The maximum atomic E-state index is 13.5. The number of hydrogen-bond acceptors (Lipinski definition) is 3. The van der Waals surface area contributed by atoms with E-state index in [1.807, 2.05) is 0 Å². The van der Waals surface area contributed by atoms with Crippen LogP contribution in [0.25, 0.3) is 0 Å². The molecule has 2 amide bonds. The van der Waals surface area contributed by atoms with Crippen LogP contribution in [0.15, 0.2) is 18.2 Å². The second kappa shape index (κ2) is 5.18. The van der Waals surface area contributed by atoms with E-state index in [-0.39, 0.29) is 34.9 Å². The SMILES string of the molecule is O=C(c1cc(F)cc(Cl)c1)N1CC[C@@]23OCCCN2C(=O)C[C@@H]13. The van der Waals surface area contributed by atoms with Gasteiger partial charge in [0.1, 0.15) is 5.82 Å². The summed E-state index contributed by atoms with van der Waals surface area (Å²) in [6.07, 6.45) is 1.67. The van der Waals surface area contributed by atoms with Gasteiger partial charge in [0, 0.05) is 30.1 Å². The number of ether oxygens (including phenoxy) is 1. The minimum absolute atomic E-state index is 0.0180. The van der Waals surface area contributed by atoms with Gasteiger partial charge in [-0.15, -0.1) is 0 Å². The third kappa shape index (κ3) is 2.16. The van der Waals surface area contributed by atoms with Gasteiger partial charge >= 0.3 is 0 Å². The fraction of sp³-hybridized carbons (Fsp3) is 0.500. The zero-order valence-corrected chi connectivity index (χ0v) is 13.2. The molecule has 0 unspecified atom stereocenters. The predicted molar refractivity (Wildman–Crippen MR) is 80.5 cm³/mol. The van der Waals surface area contributed by atoms with Gasteiger partial charge in [0.2, 0.25) is 5.91 Å². The van der Waals surface area contributed by atoms with Crippen LogP contribution in [0.3, 0.4) is 0 Å². The Labute approximate surface area is 137 Å². The first-order valence-electron chi connectivity index (χ1n) is 7.73. The number of nitrogens with zero attached hydrogens (tertiary/aromatic N) is 2. The molecule has 2 atom stereocenters. The Morgan fingerprint density at radius 2 is 2.17 bits per heavy atom. The highest BCUT2D eigenvalue weighted by molar-refractivity contribution is 6.31. The number of amides is 2. The van der Waals surface area contributed by atoms with Crippen molar-refractivity contribution in [3.8, 4) is 0 Å². The van der Waals surface area contributed by atoms with Crippen molar-refractivity contribution in [3.63, 3.8) is 0 Å². The molecule has 3 heterocycles. The van der Waals surface area contributed by atoms with Crippen LogP contribution >= 0.6 is 11.6 Å². The molecule has 3 saturated heterocycles. The normalized spacial score (nSPS) is 29.7. The number of likely N-dealkylation sites (tertiary alicyclic amines) is 1. The summed E-state index contributed by atoms with van der Waals surface area (Å²) in [5.74, 6) is -0.839. The predicted octanol–water partition coefficient (Wildman–Crippen LogP) is 2.04. The average molecular weight is 339 g/mol. The van der Waals surface area contributed by atoms with Gasteiger partial charge in [-0.3, -0.25) is 9.59 Å². The number of halogens is 2. The lowest BCUT2D eigenvalue weighted by Crippen LogP contribution is -2.56. The Bertz CT molecular complexity index is 678. The van der Waals surface area contributed by atoms with Crippen LogP contribution in [-0.2, 0) is 9.53 Å². The Hall–Kier alpha value is -1.66. The fourth-order valence-corrected chi connectivity index (χ4v) is 4.26. The van der Waals surface area contributed by atoms with Gasteiger partial charge in [-0.05, 0) is 24.6 Å². The molecule has 0 saturated carbocycles. The van der Waals surface area contributed by atoms with Gasteiger partial charge in [0.05, 0.1) is 19.1 Å². The summed E-state index contributed by atoms with van der Waals surface area (Å²) in [6, 6.07) is 3.48. The van der Waals surface area contributed by atoms with E-state index in [4.69, 9.17) is 16.3 Å². The first-order chi connectivity index (χ1) is 11.0. The topological polar surface area (TPSA) is 49.9 Å². The standard InChI is InChI=1S/C16H16ClFN2O3/c17-11-6-10(7-12(18)8-11)15(22)19-4-2-16-13(19)9-14(21)20(16)3-1-5-23-16/h6-8,13H,1-5,9H2/t13-,16+/m1/s1. The van der Waals surface area contributed by atoms with Gasteiger partial charge in [0.25, 0.3) is 5.91 Å². The summed E-state index contributed by atoms with van der Waals surface area (Å²) in [6.45, 7) is 1.75. The van der Waals surface area contributed by atoms with Crippen molar-refractivity contribution in [3.05, 3.63) is 34.6 Å². The van der Waals surface area contributed by atoms with Gasteiger partial charge in [-0.25, -0.2) is 4.39 Å². The van der Waals surface area contributed by atoms with Crippen molar-refractivity contribution in [1.82, 2.24) is 9.80 Å². The molecule has 4 rings (SSSR count). The van der Waals surface area contributed by atoms with E-state index >= 15 is 0 Å². The minimum atomic E-state index is -0.692. The van der Waals surface area contributed by atoms with E-state index in [2.05, 4.69) is 0 Å². The van der Waals surface area contributed by atoms with Gasteiger partial charge in [-0.1, -0.05) is 11.6 Å². The van der Waals surface area contributed by atoms with Crippen LogP contribution in [-0.4, -0.2) is 53.1 Å². The Kier molecular flexibility index (Phi) is 3.35. The molecule has 1 aromatic rings. The molecule has 3 aliphatic heterocycles. The monoisotopic (exact) mass is 338 g/mol. The Morgan fingerprint density at radius 3 is 2.96 bits per heavy atom. The highest BCUT2D eigenvalue weighted by Crippen LogP contribution is 2.45. The van der Waals surface area contributed by atoms with Crippen molar-refractivity contribution in [2.75, 3.05) is 19.7 Å². The molecule has 3 aliphatic rings. The fourth-order valence-electron chi connectivity index (χ4n) is 4.04. The number of benzene rings is 1. The largest absolute Gasteiger partial charge is 0.353 e.